The van der Waals surface area contributed by atoms with Crippen LogP contribution in [0.4, 0.5) is 0 Å². The Labute approximate surface area is 84.1 Å². The van der Waals surface area contributed by atoms with Crippen molar-refractivity contribution < 1.29 is 9.52 Å². The van der Waals surface area contributed by atoms with Gasteiger partial charge in [-0.1, -0.05) is 0 Å². The third kappa shape index (κ3) is 2.36. The highest BCUT2D eigenvalue weighted by Gasteiger charge is 2.41. The lowest BCUT2D eigenvalue weighted by Gasteiger charge is -2.13. The van der Waals surface area contributed by atoms with Crippen molar-refractivity contribution in [1.29, 1.82) is 0 Å². The molecule has 0 aliphatic heterocycles. The van der Waals surface area contributed by atoms with E-state index >= 15 is 0 Å². The molecule has 0 atom stereocenters. The van der Waals surface area contributed by atoms with Crippen LogP contribution in [-0.2, 0) is 6.54 Å². The van der Waals surface area contributed by atoms with E-state index in [1.165, 1.54) is 18.4 Å². The van der Waals surface area contributed by atoms with E-state index in [2.05, 4.69) is 5.32 Å². The van der Waals surface area contributed by atoms with Crippen LogP contribution >= 0.6 is 0 Å². The smallest absolute Gasteiger partial charge is 0.0947 e. The number of aliphatic hydroxyl groups is 1. The van der Waals surface area contributed by atoms with Gasteiger partial charge >= 0.3 is 0 Å². The predicted octanol–water partition coefficient (Wildman–Crippen LogP) is 1.53. The molecule has 0 aromatic carbocycles. The predicted molar refractivity (Wildman–Crippen MR) is 53.8 cm³/mol. The lowest BCUT2D eigenvalue weighted by atomic mass is 10.0. The molecule has 2 rings (SSSR count). The van der Waals surface area contributed by atoms with Crippen LogP contribution in [0, 0.1) is 5.41 Å². The van der Waals surface area contributed by atoms with Gasteiger partial charge in [-0.15, -0.1) is 0 Å². The van der Waals surface area contributed by atoms with E-state index in [1.54, 1.807) is 12.5 Å². The molecule has 1 aliphatic carbocycles. The van der Waals surface area contributed by atoms with Gasteiger partial charge in [0.2, 0.25) is 0 Å². The largest absolute Gasteiger partial charge is 0.472 e. The molecule has 0 amide bonds. The van der Waals surface area contributed by atoms with Crippen molar-refractivity contribution in [1.82, 2.24) is 5.32 Å². The van der Waals surface area contributed by atoms with Crippen molar-refractivity contribution in [3.8, 4) is 0 Å². The van der Waals surface area contributed by atoms with Gasteiger partial charge in [-0.3, -0.25) is 0 Å². The molecular weight excluding hydrogens is 178 g/mol. The molecule has 1 aromatic rings. The SMILES string of the molecule is OCCC1(CNCc2ccoc2)CC1. The molecule has 2 N–H and O–H groups in total. The molecule has 14 heavy (non-hydrogen) atoms. The fourth-order valence-electron chi connectivity index (χ4n) is 1.79. The minimum absolute atomic E-state index is 0.313. The van der Waals surface area contributed by atoms with Crippen molar-refractivity contribution in [2.45, 2.75) is 25.8 Å². The zero-order chi connectivity index (χ0) is 9.86. The van der Waals surface area contributed by atoms with Crippen LogP contribution in [0.5, 0.6) is 0 Å². The zero-order valence-corrected chi connectivity index (χ0v) is 8.33. The summed E-state index contributed by atoms with van der Waals surface area (Å²) in [6.45, 7) is 2.19. The van der Waals surface area contributed by atoms with E-state index in [1.807, 2.05) is 6.07 Å². The average Bonchev–Trinajstić information content (AvgIpc) is 2.75. The molecular formula is C11H17NO2. The summed E-state index contributed by atoms with van der Waals surface area (Å²) < 4.78 is 4.98. The Morgan fingerprint density at radius 3 is 2.93 bits per heavy atom. The Morgan fingerprint density at radius 1 is 1.50 bits per heavy atom. The first-order valence-electron chi connectivity index (χ1n) is 5.17. The first-order valence-corrected chi connectivity index (χ1v) is 5.17. The third-order valence-corrected chi connectivity index (χ3v) is 3.01. The lowest BCUT2D eigenvalue weighted by Crippen LogP contribution is -2.24. The van der Waals surface area contributed by atoms with Gasteiger partial charge in [0, 0.05) is 25.3 Å². The topological polar surface area (TPSA) is 45.4 Å². The Kier molecular flexibility index (Phi) is 2.89. The molecule has 1 aliphatic rings. The van der Waals surface area contributed by atoms with Crippen molar-refractivity contribution in [3.05, 3.63) is 24.2 Å². The Morgan fingerprint density at radius 2 is 2.36 bits per heavy atom. The maximum atomic E-state index is 8.88. The van der Waals surface area contributed by atoms with Crippen LogP contribution in [0.2, 0.25) is 0 Å². The van der Waals surface area contributed by atoms with Crippen molar-refractivity contribution >= 4 is 0 Å². The molecule has 0 radical (unpaired) electrons. The fourth-order valence-corrected chi connectivity index (χ4v) is 1.79. The molecule has 0 unspecified atom stereocenters. The van der Waals surface area contributed by atoms with E-state index in [4.69, 9.17) is 9.52 Å². The van der Waals surface area contributed by atoms with Gasteiger partial charge in [0.1, 0.15) is 0 Å². The van der Waals surface area contributed by atoms with Crippen molar-refractivity contribution in [2.75, 3.05) is 13.2 Å². The van der Waals surface area contributed by atoms with Gasteiger partial charge in [-0.25, -0.2) is 0 Å². The van der Waals surface area contributed by atoms with E-state index in [-0.39, 0.29) is 0 Å². The minimum Gasteiger partial charge on any atom is -0.472 e. The van der Waals surface area contributed by atoms with Gasteiger partial charge in [0.15, 0.2) is 0 Å². The molecule has 1 heterocycles. The number of nitrogens with one attached hydrogen (secondary N) is 1. The summed E-state index contributed by atoms with van der Waals surface area (Å²) in [5, 5.41) is 12.3. The molecule has 0 saturated heterocycles. The standard InChI is InChI=1S/C11H17NO2/c13-5-4-11(2-3-11)9-12-7-10-1-6-14-8-10/h1,6,8,12-13H,2-5,7,9H2. The molecule has 1 aromatic heterocycles. The van der Waals surface area contributed by atoms with E-state index < -0.39 is 0 Å². The Balaban J connectivity index is 1.68. The average molecular weight is 195 g/mol. The highest BCUT2D eigenvalue weighted by Crippen LogP contribution is 2.47. The molecule has 78 valence electrons. The number of rotatable bonds is 6. The number of hydrogen-bond donors (Lipinski definition) is 2. The molecule has 1 fully saturated rings. The maximum absolute atomic E-state index is 8.88. The first-order chi connectivity index (χ1) is 6.85. The number of hydrogen-bond acceptors (Lipinski definition) is 3. The zero-order valence-electron chi connectivity index (χ0n) is 8.33. The summed E-state index contributed by atoms with van der Waals surface area (Å²) in [5.74, 6) is 0. The molecule has 3 nitrogen and oxygen atoms in total. The van der Waals surface area contributed by atoms with Gasteiger partial charge in [-0.2, -0.15) is 0 Å². The van der Waals surface area contributed by atoms with Crippen LogP contribution in [0.3, 0.4) is 0 Å². The number of furan rings is 1. The van der Waals surface area contributed by atoms with Crippen LogP contribution in [0.25, 0.3) is 0 Å². The van der Waals surface area contributed by atoms with Gasteiger partial charge in [0.05, 0.1) is 12.5 Å². The van der Waals surface area contributed by atoms with Crippen molar-refractivity contribution in [3.63, 3.8) is 0 Å². The van der Waals surface area contributed by atoms with E-state index in [9.17, 15) is 0 Å². The van der Waals surface area contributed by atoms with Gasteiger partial charge in [-0.05, 0) is 30.7 Å². The summed E-state index contributed by atoms with van der Waals surface area (Å²) in [6, 6.07) is 1.97. The Bertz CT molecular complexity index is 265. The van der Waals surface area contributed by atoms with Gasteiger partial charge < -0.3 is 14.8 Å². The fraction of sp³-hybridized carbons (Fsp3) is 0.636. The van der Waals surface area contributed by atoms with Crippen molar-refractivity contribution in [2.24, 2.45) is 5.41 Å². The maximum Gasteiger partial charge on any atom is 0.0947 e. The summed E-state index contributed by atoms with van der Waals surface area (Å²) in [6.07, 6.45) is 6.90. The Hall–Kier alpha value is -0.800. The molecule has 0 bridgehead atoms. The van der Waals surface area contributed by atoms with Crippen LogP contribution in [0.1, 0.15) is 24.8 Å². The van der Waals surface area contributed by atoms with E-state index in [0.717, 1.165) is 19.5 Å². The summed E-state index contributed by atoms with van der Waals surface area (Å²) in [7, 11) is 0. The van der Waals surface area contributed by atoms with Gasteiger partial charge in [0.25, 0.3) is 0 Å². The van der Waals surface area contributed by atoms with Crippen LogP contribution in [-0.4, -0.2) is 18.3 Å². The summed E-state index contributed by atoms with van der Waals surface area (Å²) in [4.78, 5) is 0. The molecule has 1 saturated carbocycles. The van der Waals surface area contributed by atoms with Crippen LogP contribution in [0.15, 0.2) is 23.0 Å². The highest BCUT2D eigenvalue weighted by molar-refractivity contribution is 5.05. The lowest BCUT2D eigenvalue weighted by molar-refractivity contribution is 0.245. The van der Waals surface area contributed by atoms with E-state index in [0.29, 0.717) is 12.0 Å². The van der Waals surface area contributed by atoms with Crippen LogP contribution < -0.4 is 5.32 Å². The second-order valence-corrected chi connectivity index (χ2v) is 4.21. The normalized spacial score (nSPS) is 18.4. The second kappa shape index (κ2) is 4.15. The quantitative estimate of drug-likeness (QED) is 0.723. The highest BCUT2D eigenvalue weighted by atomic mass is 16.3. The molecule has 3 heteroatoms. The summed E-state index contributed by atoms with van der Waals surface area (Å²) >= 11 is 0. The minimum atomic E-state index is 0.313. The second-order valence-electron chi connectivity index (χ2n) is 4.21. The molecule has 0 spiro atoms. The monoisotopic (exact) mass is 195 g/mol. The third-order valence-electron chi connectivity index (χ3n) is 3.01. The summed E-state index contributed by atoms with van der Waals surface area (Å²) in [5.41, 5.74) is 1.59. The first kappa shape index (κ1) is 9.74. The number of aliphatic hydroxyl groups excluding tert-OH is 1.